The summed E-state index contributed by atoms with van der Waals surface area (Å²) in [4.78, 5) is 14.4. The van der Waals surface area contributed by atoms with Gasteiger partial charge in [-0.25, -0.2) is 0 Å². The van der Waals surface area contributed by atoms with Gasteiger partial charge in [-0.1, -0.05) is 12.8 Å². The van der Waals surface area contributed by atoms with Gasteiger partial charge in [0.1, 0.15) is 5.78 Å². The Bertz CT molecular complexity index is 292. The molecule has 2 bridgehead atoms. The fourth-order valence-corrected chi connectivity index (χ4v) is 4.83. The second-order valence-electron chi connectivity index (χ2n) is 6.10. The molecule has 0 spiro atoms. The number of rotatable bonds is 3. The van der Waals surface area contributed by atoms with Gasteiger partial charge in [0, 0.05) is 36.2 Å². The number of carbonyl (C=O) groups excluding carboxylic acids is 1. The third kappa shape index (κ3) is 2.17. The van der Waals surface area contributed by atoms with Gasteiger partial charge in [0.15, 0.2) is 0 Å². The number of Topliss-reactive ketones (excluding diaryl/α,β-unsaturated/α-hetero) is 1. The first-order valence-electron chi connectivity index (χ1n) is 7.05. The van der Waals surface area contributed by atoms with E-state index >= 15 is 0 Å². The Morgan fingerprint density at radius 3 is 2.35 bits per heavy atom. The van der Waals surface area contributed by atoms with Crippen LogP contribution in [0.4, 0.5) is 0 Å². The first-order valence-corrected chi connectivity index (χ1v) is 8.27. The number of hydrogen-bond acceptors (Lipinski definition) is 3. The molecule has 96 valence electrons. The maximum Gasteiger partial charge on any atom is 0.136 e. The van der Waals surface area contributed by atoms with Crippen molar-refractivity contribution >= 4 is 17.5 Å². The highest BCUT2D eigenvalue weighted by molar-refractivity contribution is 8.00. The fraction of sp³-hybridized carbons (Fsp3) is 0.929. The van der Waals surface area contributed by atoms with Gasteiger partial charge in [-0.2, -0.15) is 11.8 Å². The lowest BCUT2D eigenvalue weighted by molar-refractivity contribution is -0.127. The van der Waals surface area contributed by atoms with E-state index in [2.05, 4.69) is 22.9 Å². The minimum Gasteiger partial charge on any atom is -0.300 e. The molecular weight excluding hydrogens is 230 g/mol. The highest BCUT2D eigenvalue weighted by Gasteiger charge is 2.44. The predicted octanol–water partition coefficient (Wildman–Crippen LogP) is 2.86. The van der Waals surface area contributed by atoms with Crippen molar-refractivity contribution in [1.29, 1.82) is 0 Å². The maximum absolute atomic E-state index is 11.7. The molecule has 2 unspecified atom stereocenters. The van der Waals surface area contributed by atoms with Crippen LogP contribution in [0.2, 0.25) is 0 Å². The molecule has 0 aromatic carbocycles. The first kappa shape index (κ1) is 12.0. The zero-order valence-electron chi connectivity index (χ0n) is 10.8. The summed E-state index contributed by atoms with van der Waals surface area (Å²) in [6.45, 7) is 1.25. The van der Waals surface area contributed by atoms with Crippen LogP contribution < -0.4 is 0 Å². The molecule has 2 heterocycles. The van der Waals surface area contributed by atoms with Gasteiger partial charge in [0.2, 0.25) is 0 Å². The monoisotopic (exact) mass is 253 g/mol. The van der Waals surface area contributed by atoms with Gasteiger partial charge in [-0.3, -0.25) is 9.69 Å². The highest BCUT2D eigenvalue weighted by atomic mass is 32.2. The van der Waals surface area contributed by atoms with Crippen molar-refractivity contribution in [2.75, 3.05) is 12.8 Å². The lowest BCUT2D eigenvalue weighted by Crippen LogP contribution is -2.58. The van der Waals surface area contributed by atoms with Crippen LogP contribution in [0.15, 0.2) is 0 Å². The molecule has 3 fully saturated rings. The summed E-state index contributed by atoms with van der Waals surface area (Å²) in [5, 5.41) is 0. The average Bonchev–Trinajstić information content (AvgIpc) is 2.24. The number of fused-ring (bicyclic) bond motifs is 2. The van der Waals surface area contributed by atoms with Gasteiger partial charge >= 0.3 is 0 Å². The van der Waals surface area contributed by atoms with E-state index in [-0.39, 0.29) is 0 Å². The number of nitrogens with zero attached hydrogens (tertiary/aromatic N) is 1. The molecule has 0 aromatic heterocycles. The average molecular weight is 253 g/mol. The molecule has 1 saturated carbocycles. The molecule has 3 aliphatic rings. The number of ketones is 1. The lowest BCUT2D eigenvalue weighted by Gasteiger charge is -2.52. The quantitative estimate of drug-likeness (QED) is 0.771. The highest BCUT2D eigenvalue weighted by Crippen LogP contribution is 2.45. The third-order valence-electron chi connectivity index (χ3n) is 5.11. The Balaban J connectivity index is 1.71. The summed E-state index contributed by atoms with van der Waals surface area (Å²) < 4.78 is 0.536. The Morgan fingerprint density at radius 2 is 1.88 bits per heavy atom. The van der Waals surface area contributed by atoms with E-state index in [1.54, 1.807) is 0 Å². The van der Waals surface area contributed by atoms with E-state index in [4.69, 9.17) is 0 Å². The summed E-state index contributed by atoms with van der Waals surface area (Å²) >= 11 is 2.07. The van der Waals surface area contributed by atoms with Crippen LogP contribution in [0.3, 0.4) is 0 Å². The minimum absolute atomic E-state index is 0.516. The van der Waals surface area contributed by atoms with E-state index in [9.17, 15) is 4.79 Å². The molecule has 2 aliphatic heterocycles. The fourth-order valence-electron chi connectivity index (χ4n) is 3.86. The summed E-state index contributed by atoms with van der Waals surface area (Å²) in [7, 11) is 0. The third-order valence-corrected chi connectivity index (χ3v) is 6.51. The number of piperidine rings is 2. The number of hydrogen-bond donors (Lipinski definition) is 0. The van der Waals surface area contributed by atoms with Crippen LogP contribution in [-0.2, 0) is 4.79 Å². The molecule has 2 nitrogen and oxygen atoms in total. The van der Waals surface area contributed by atoms with E-state index in [0.717, 1.165) is 12.8 Å². The van der Waals surface area contributed by atoms with Crippen LogP contribution >= 0.6 is 11.8 Å². The summed E-state index contributed by atoms with van der Waals surface area (Å²) in [6, 6.07) is 1.17. The number of carbonyl (C=O) groups is 1. The minimum atomic E-state index is 0.516. The first-order chi connectivity index (χ1) is 8.22. The Kier molecular flexibility index (Phi) is 3.24. The van der Waals surface area contributed by atoms with Crippen LogP contribution in [-0.4, -0.2) is 40.3 Å². The summed E-state index contributed by atoms with van der Waals surface area (Å²) in [5.41, 5.74) is 0. The smallest absolute Gasteiger partial charge is 0.136 e. The van der Waals surface area contributed by atoms with Crippen molar-refractivity contribution < 1.29 is 4.79 Å². The zero-order chi connectivity index (χ0) is 11.9. The number of thioether (sulfide) groups is 1. The molecular formula is C14H23NOS. The van der Waals surface area contributed by atoms with Gasteiger partial charge in [0.05, 0.1) is 0 Å². The van der Waals surface area contributed by atoms with Crippen molar-refractivity contribution in [3.8, 4) is 0 Å². The van der Waals surface area contributed by atoms with E-state index in [0.29, 0.717) is 22.6 Å². The lowest BCUT2D eigenvalue weighted by atomic mass is 9.79. The van der Waals surface area contributed by atoms with Gasteiger partial charge < -0.3 is 0 Å². The second-order valence-corrected chi connectivity index (χ2v) is 7.37. The maximum atomic E-state index is 11.7. The molecule has 0 aromatic rings. The molecule has 3 rings (SSSR count). The van der Waals surface area contributed by atoms with Gasteiger partial charge in [-0.05, 0) is 31.9 Å². The predicted molar refractivity (Wildman–Crippen MR) is 72.5 cm³/mol. The van der Waals surface area contributed by atoms with Crippen molar-refractivity contribution in [3.63, 3.8) is 0 Å². The Labute approximate surface area is 109 Å². The van der Waals surface area contributed by atoms with Crippen LogP contribution in [0, 0.1) is 0 Å². The molecule has 1 aliphatic carbocycles. The molecule has 2 atom stereocenters. The normalized spacial score (nSPS) is 36.6. The van der Waals surface area contributed by atoms with Crippen molar-refractivity contribution in [1.82, 2.24) is 4.90 Å². The van der Waals surface area contributed by atoms with E-state index in [1.165, 1.54) is 45.1 Å². The van der Waals surface area contributed by atoms with Crippen molar-refractivity contribution in [2.45, 2.75) is 68.2 Å². The van der Waals surface area contributed by atoms with Gasteiger partial charge in [-0.15, -0.1) is 0 Å². The zero-order valence-corrected chi connectivity index (χ0v) is 11.6. The molecule has 0 N–H and O–H groups in total. The molecule has 2 saturated heterocycles. The molecule has 3 heteroatoms. The second kappa shape index (κ2) is 4.58. The largest absolute Gasteiger partial charge is 0.300 e. The van der Waals surface area contributed by atoms with Crippen LogP contribution in [0.5, 0.6) is 0 Å². The molecule has 0 amide bonds. The van der Waals surface area contributed by atoms with Crippen LogP contribution in [0.1, 0.15) is 51.4 Å². The molecule has 0 radical (unpaired) electrons. The summed E-state index contributed by atoms with van der Waals surface area (Å²) in [5.74, 6) is 0.516. The topological polar surface area (TPSA) is 20.3 Å². The van der Waals surface area contributed by atoms with Crippen molar-refractivity contribution in [3.05, 3.63) is 0 Å². The summed E-state index contributed by atoms with van der Waals surface area (Å²) in [6.07, 6.45) is 12.0. The standard InChI is InChI=1S/C14H23NOS/c1-17-14(6-3-7-14)10-15-11-4-2-5-12(15)9-13(16)8-11/h11-12H,2-10H2,1H3. The van der Waals surface area contributed by atoms with Crippen molar-refractivity contribution in [2.24, 2.45) is 0 Å². The van der Waals surface area contributed by atoms with E-state index in [1.807, 2.05) is 0 Å². The SMILES string of the molecule is CSC1(CN2C3CCCC2CC(=O)C3)CCC1. The molecule has 17 heavy (non-hydrogen) atoms. The van der Waals surface area contributed by atoms with E-state index < -0.39 is 0 Å². The Morgan fingerprint density at radius 1 is 1.24 bits per heavy atom. The van der Waals surface area contributed by atoms with Gasteiger partial charge in [0.25, 0.3) is 0 Å². The van der Waals surface area contributed by atoms with Crippen LogP contribution in [0.25, 0.3) is 0 Å². The Hall–Kier alpha value is -0.0200.